The monoisotopic (exact) mass is 650 g/mol. The zero-order chi connectivity index (χ0) is 34.4. The molecule has 3 aromatic heterocycles. The van der Waals surface area contributed by atoms with Crippen molar-refractivity contribution in [1.82, 2.24) is 20.3 Å². The number of hydrogen-bond acceptors (Lipinski definition) is 6. The molecular weight excluding hydrogens is 604 g/mol. The Morgan fingerprint density at radius 2 is 1.73 bits per heavy atom. The summed E-state index contributed by atoms with van der Waals surface area (Å²) in [4.78, 5) is 37.2. The van der Waals surface area contributed by atoms with Crippen molar-refractivity contribution in [1.29, 1.82) is 0 Å². The summed E-state index contributed by atoms with van der Waals surface area (Å²) in [6, 6.07) is -0.383. The second-order valence-corrected chi connectivity index (χ2v) is 13.1. The van der Waals surface area contributed by atoms with Gasteiger partial charge >= 0.3 is 11.9 Å². The highest BCUT2D eigenvalue weighted by atomic mass is 16.5. The third kappa shape index (κ3) is 5.35. The van der Waals surface area contributed by atoms with E-state index in [1.807, 2.05) is 26.0 Å². The van der Waals surface area contributed by atoms with Crippen molar-refractivity contribution >= 4 is 47.6 Å². The maximum Gasteiger partial charge on any atom is 0.320 e. The molecule has 1 fully saturated rings. The van der Waals surface area contributed by atoms with Crippen molar-refractivity contribution in [3.05, 3.63) is 90.6 Å². The summed E-state index contributed by atoms with van der Waals surface area (Å²) in [5, 5.41) is 18.8. The fourth-order valence-electron chi connectivity index (χ4n) is 7.87. The molecule has 1 aliphatic carbocycles. The highest BCUT2D eigenvalue weighted by molar-refractivity contribution is 5.95. The third-order valence-electron chi connectivity index (χ3n) is 10.6. The number of nitrogens with one attached hydrogen (secondary N) is 4. The number of allylic oxidation sites excluding steroid dienone is 2. The first kappa shape index (κ1) is 33.0. The summed E-state index contributed by atoms with van der Waals surface area (Å²) < 4.78 is 10.7. The van der Waals surface area contributed by atoms with Gasteiger partial charge in [0, 0.05) is 56.6 Å². The lowest BCUT2D eigenvalue weighted by molar-refractivity contribution is -0.143. The first-order valence-electron chi connectivity index (χ1n) is 16.8. The van der Waals surface area contributed by atoms with Crippen molar-refractivity contribution in [3.63, 3.8) is 0 Å². The number of H-pyrrole nitrogens is 3. The van der Waals surface area contributed by atoms with Crippen LogP contribution in [0.25, 0.3) is 35.6 Å². The topological polar surface area (TPSA) is 132 Å². The van der Waals surface area contributed by atoms with E-state index >= 15 is 0 Å². The lowest BCUT2D eigenvalue weighted by Crippen LogP contribution is -2.38. The van der Waals surface area contributed by atoms with Gasteiger partial charge in [-0.15, -0.1) is 0 Å². The van der Waals surface area contributed by atoms with Gasteiger partial charge < -0.3 is 34.8 Å². The first-order chi connectivity index (χ1) is 23.0. The molecule has 5 N–H and O–H groups in total. The summed E-state index contributed by atoms with van der Waals surface area (Å²) in [7, 11) is 1.34. The molecule has 0 amide bonds. The van der Waals surface area contributed by atoms with Crippen molar-refractivity contribution in [2.75, 3.05) is 13.7 Å². The number of hydrogen-bond donors (Lipinski definition) is 5. The molecule has 4 atom stereocenters. The molecule has 9 nitrogen and oxygen atoms in total. The van der Waals surface area contributed by atoms with Gasteiger partial charge in [-0.25, -0.2) is 0 Å². The smallest absolute Gasteiger partial charge is 0.320 e. The SMILES string of the molecule is C=Cc1c2[nH]c(c1C)/C=C1\NC(C3=c4[nH]c(c(C)c4=C(O)[C@@H]3C(=O)OC)/C=c3\[nH]/c(c(C)c3CC)=C\2)[C@@H](CCC(=O)OC/C=C/C)[C@@H]1C. The Morgan fingerprint density at radius 1 is 1.00 bits per heavy atom. The van der Waals surface area contributed by atoms with E-state index < -0.39 is 11.9 Å². The second-order valence-electron chi connectivity index (χ2n) is 13.1. The van der Waals surface area contributed by atoms with Crippen LogP contribution in [0.1, 0.15) is 78.5 Å². The molecule has 6 rings (SSSR count). The fourth-order valence-corrected chi connectivity index (χ4v) is 7.87. The Labute approximate surface area is 280 Å². The van der Waals surface area contributed by atoms with Gasteiger partial charge in [-0.3, -0.25) is 9.59 Å². The lowest BCUT2D eigenvalue weighted by atomic mass is 9.80. The van der Waals surface area contributed by atoms with Crippen LogP contribution in [0.4, 0.5) is 0 Å². The average molecular weight is 651 g/mol. The van der Waals surface area contributed by atoms with Crippen LogP contribution in [-0.2, 0) is 25.5 Å². The summed E-state index contributed by atoms with van der Waals surface area (Å²) >= 11 is 0. The highest BCUT2D eigenvalue weighted by Gasteiger charge is 2.47. The molecular formula is C39H46N4O5. The van der Waals surface area contributed by atoms with Crippen LogP contribution in [0, 0.1) is 38.5 Å². The van der Waals surface area contributed by atoms with Gasteiger partial charge in [0.15, 0.2) is 0 Å². The van der Waals surface area contributed by atoms with E-state index in [4.69, 9.17) is 9.47 Å². The Hall–Kier alpha value is -4.92. The van der Waals surface area contributed by atoms with Crippen LogP contribution in [-0.4, -0.2) is 51.8 Å². The number of carbonyl (C=O) groups is 2. The van der Waals surface area contributed by atoms with Gasteiger partial charge in [0.1, 0.15) is 18.3 Å². The predicted molar refractivity (Wildman–Crippen MR) is 189 cm³/mol. The van der Waals surface area contributed by atoms with Gasteiger partial charge in [-0.05, 0) is 92.5 Å². The van der Waals surface area contributed by atoms with Crippen LogP contribution < -0.4 is 26.6 Å². The van der Waals surface area contributed by atoms with E-state index in [0.717, 1.165) is 62.2 Å². The molecule has 9 heteroatoms. The number of aromatic amines is 3. The molecule has 8 bridgehead atoms. The standard InChI is InChI=1S/C39H46N4O5/c1-9-12-15-48-32(44)14-13-25-21(6)28-16-26-19(4)23(10-2)30(40-26)17-27-20(5)24(11-3)31(41-27)18-29-22(7)33-37(43-29)34(36(25)42-28)35(38(33)45)39(46)47-8/h9-10,12,16-18,21,25,35-36,40-43,45H,2,11,13-15H2,1,3-8H3/b12-9+,27-17-,28-16-,31-18-/t21-,25-,35+,36?/m0/s1. The molecule has 252 valence electrons. The molecule has 3 aliphatic rings. The highest BCUT2D eigenvalue weighted by Crippen LogP contribution is 2.42. The predicted octanol–water partition coefficient (Wildman–Crippen LogP) is 3.56. The lowest BCUT2D eigenvalue weighted by Gasteiger charge is -2.26. The fraction of sp³-hybridized carbons (Fsp3) is 0.385. The van der Waals surface area contributed by atoms with Crippen LogP contribution in [0.15, 0.2) is 24.4 Å². The van der Waals surface area contributed by atoms with E-state index in [1.165, 1.54) is 18.2 Å². The second kappa shape index (κ2) is 12.9. The van der Waals surface area contributed by atoms with Crippen LogP contribution in [0.5, 0.6) is 0 Å². The van der Waals surface area contributed by atoms with Crippen molar-refractivity contribution in [2.45, 2.75) is 66.8 Å². The molecule has 48 heavy (non-hydrogen) atoms. The minimum atomic E-state index is -0.984. The van der Waals surface area contributed by atoms with Gasteiger partial charge in [-0.2, -0.15) is 0 Å². The van der Waals surface area contributed by atoms with Gasteiger partial charge in [-0.1, -0.05) is 38.7 Å². The minimum absolute atomic E-state index is 0.0182. The van der Waals surface area contributed by atoms with E-state index in [2.05, 4.69) is 72.8 Å². The zero-order valence-corrected chi connectivity index (χ0v) is 28.9. The number of methoxy groups -OCH3 is 1. The van der Waals surface area contributed by atoms with Crippen molar-refractivity contribution < 1.29 is 24.2 Å². The molecule has 1 unspecified atom stereocenters. The summed E-state index contributed by atoms with van der Waals surface area (Å²) in [5.74, 6) is -1.93. The number of carbonyl (C=O) groups excluding carboxylic acids is 2. The van der Waals surface area contributed by atoms with Gasteiger partial charge in [0.25, 0.3) is 0 Å². The Balaban J connectivity index is 1.64. The molecule has 0 radical (unpaired) electrons. The molecule has 0 spiro atoms. The van der Waals surface area contributed by atoms with Crippen molar-refractivity contribution in [2.24, 2.45) is 17.8 Å². The molecule has 0 aromatic carbocycles. The maximum absolute atomic E-state index is 13.4. The van der Waals surface area contributed by atoms with Crippen LogP contribution in [0.2, 0.25) is 0 Å². The third-order valence-corrected chi connectivity index (χ3v) is 10.6. The Morgan fingerprint density at radius 3 is 2.42 bits per heavy atom. The average Bonchev–Trinajstić information content (AvgIpc) is 3.80. The Bertz CT molecular complexity index is 2140. The number of aliphatic hydroxyl groups is 1. The number of rotatable bonds is 8. The number of aromatic nitrogens is 3. The van der Waals surface area contributed by atoms with E-state index in [9.17, 15) is 14.7 Å². The maximum atomic E-state index is 13.4. The van der Waals surface area contributed by atoms with E-state index in [-0.39, 0.29) is 42.6 Å². The molecule has 3 aromatic rings. The summed E-state index contributed by atoms with van der Waals surface area (Å²) in [5.41, 5.74) is 9.75. The Kier molecular flexibility index (Phi) is 8.90. The number of fused-ring (bicyclic) bond motifs is 8. The van der Waals surface area contributed by atoms with Crippen LogP contribution in [0.3, 0.4) is 0 Å². The van der Waals surface area contributed by atoms with Gasteiger partial charge in [0.05, 0.1) is 18.5 Å². The number of ether oxygens (including phenoxy) is 2. The minimum Gasteiger partial charge on any atom is -0.510 e. The largest absolute Gasteiger partial charge is 0.510 e. The molecule has 0 saturated carbocycles. The molecule has 2 aliphatic heterocycles. The summed E-state index contributed by atoms with van der Waals surface area (Å²) in [6.07, 6.45) is 13.5. The van der Waals surface area contributed by atoms with E-state index in [0.29, 0.717) is 17.0 Å². The van der Waals surface area contributed by atoms with Crippen molar-refractivity contribution in [3.8, 4) is 0 Å². The first-order valence-corrected chi connectivity index (χ1v) is 16.8. The number of esters is 2. The number of aliphatic hydroxyl groups excluding tert-OH is 1. The summed E-state index contributed by atoms with van der Waals surface area (Å²) in [6.45, 7) is 16.7. The normalized spacial score (nSPS) is 23.6. The zero-order valence-electron chi connectivity index (χ0n) is 28.9. The van der Waals surface area contributed by atoms with Crippen LogP contribution >= 0.6 is 0 Å². The molecule has 5 heterocycles. The van der Waals surface area contributed by atoms with Gasteiger partial charge in [0.2, 0.25) is 0 Å². The molecule has 1 saturated heterocycles. The van der Waals surface area contributed by atoms with E-state index in [1.54, 1.807) is 6.08 Å². The quantitative estimate of drug-likeness (QED) is 0.187.